The molecule has 25 heavy (non-hydrogen) atoms. The number of aromatic amines is 1. The van der Waals surface area contributed by atoms with Crippen LogP contribution in [0, 0.1) is 0 Å². The van der Waals surface area contributed by atoms with Crippen molar-refractivity contribution in [2.45, 2.75) is 44.8 Å². The number of carbonyl (C=O) groups excluding carboxylic acids is 1. The van der Waals surface area contributed by atoms with E-state index in [0.717, 1.165) is 35.3 Å². The molecule has 2 aromatic rings. The van der Waals surface area contributed by atoms with Crippen LogP contribution in [-0.2, 0) is 20.7 Å². The smallest absolute Gasteiger partial charge is 0.226 e. The Morgan fingerprint density at radius 1 is 1.28 bits per heavy atom. The van der Waals surface area contributed by atoms with E-state index in [1.165, 1.54) is 0 Å². The molecule has 4 rings (SSSR count). The summed E-state index contributed by atoms with van der Waals surface area (Å²) in [6.07, 6.45) is 1.94. The Morgan fingerprint density at radius 2 is 2.00 bits per heavy atom. The van der Waals surface area contributed by atoms with E-state index in [-0.39, 0.29) is 5.91 Å². The number of nitrogens with one attached hydrogen (secondary N) is 1. The molecule has 2 aliphatic heterocycles. The molecular formula is C19H25N3O3. The van der Waals surface area contributed by atoms with Crippen molar-refractivity contribution < 1.29 is 14.3 Å². The molecule has 1 spiro atoms. The van der Waals surface area contributed by atoms with Crippen LogP contribution in [0.4, 0.5) is 0 Å². The lowest BCUT2D eigenvalue weighted by Crippen LogP contribution is -2.47. The molecule has 2 fully saturated rings. The van der Waals surface area contributed by atoms with Crippen LogP contribution in [0.3, 0.4) is 0 Å². The van der Waals surface area contributed by atoms with Crippen molar-refractivity contribution in [2.24, 2.45) is 0 Å². The molecule has 0 bridgehead atoms. The van der Waals surface area contributed by atoms with Crippen LogP contribution in [0.2, 0.25) is 0 Å². The van der Waals surface area contributed by atoms with E-state index in [2.05, 4.69) is 23.8 Å². The van der Waals surface area contributed by atoms with Crippen molar-refractivity contribution in [3.05, 3.63) is 29.6 Å². The molecule has 134 valence electrons. The number of piperidine rings is 1. The van der Waals surface area contributed by atoms with Gasteiger partial charge in [-0.15, -0.1) is 0 Å². The Hall–Kier alpha value is -1.92. The van der Waals surface area contributed by atoms with Crippen LogP contribution >= 0.6 is 0 Å². The minimum atomic E-state index is -0.432. The minimum Gasteiger partial charge on any atom is -0.347 e. The van der Waals surface area contributed by atoms with E-state index in [0.29, 0.717) is 38.6 Å². The topological polar surface area (TPSA) is 67.5 Å². The van der Waals surface area contributed by atoms with Crippen molar-refractivity contribution in [2.75, 3.05) is 26.3 Å². The lowest BCUT2D eigenvalue weighted by Gasteiger charge is -2.37. The number of hydrogen-bond donors (Lipinski definition) is 1. The number of nitrogens with zero attached hydrogens (tertiary/aromatic N) is 2. The van der Waals surface area contributed by atoms with Crippen molar-refractivity contribution in [3.63, 3.8) is 0 Å². The standard InChI is InChI=1S/C19H25N3O3/c1-13(2)18-20-15-4-3-14(11-16(15)21-18)12-17(23)22-7-5-19(6-8-22)24-9-10-25-19/h3-4,11,13H,5-10,12H2,1-2H3,(H,20,21). The maximum atomic E-state index is 12.6. The zero-order valence-corrected chi connectivity index (χ0v) is 14.9. The van der Waals surface area contributed by atoms with Gasteiger partial charge in [-0.25, -0.2) is 4.98 Å². The second-order valence-corrected chi connectivity index (χ2v) is 7.29. The van der Waals surface area contributed by atoms with E-state index in [4.69, 9.17) is 9.47 Å². The van der Waals surface area contributed by atoms with Crippen LogP contribution in [-0.4, -0.2) is 52.9 Å². The molecule has 2 saturated heterocycles. The summed E-state index contributed by atoms with van der Waals surface area (Å²) in [4.78, 5) is 22.5. The summed E-state index contributed by atoms with van der Waals surface area (Å²) >= 11 is 0. The highest BCUT2D eigenvalue weighted by Crippen LogP contribution is 2.31. The molecule has 1 N–H and O–H groups in total. The van der Waals surface area contributed by atoms with Gasteiger partial charge in [-0.05, 0) is 17.7 Å². The monoisotopic (exact) mass is 343 g/mol. The van der Waals surface area contributed by atoms with Crippen LogP contribution < -0.4 is 0 Å². The highest BCUT2D eigenvalue weighted by Gasteiger charge is 2.40. The zero-order chi connectivity index (χ0) is 17.4. The quantitative estimate of drug-likeness (QED) is 0.930. The maximum Gasteiger partial charge on any atom is 0.226 e. The van der Waals surface area contributed by atoms with Gasteiger partial charge in [0.15, 0.2) is 5.79 Å². The fraction of sp³-hybridized carbons (Fsp3) is 0.579. The number of rotatable bonds is 3. The van der Waals surface area contributed by atoms with Gasteiger partial charge >= 0.3 is 0 Å². The van der Waals surface area contributed by atoms with Gasteiger partial charge in [0.1, 0.15) is 5.82 Å². The summed E-state index contributed by atoms with van der Waals surface area (Å²) in [5.74, 6) is 1.07. The van der Waals surface area contributed by atoms with Gasteiger partial charge in [0.05, 0.1) is 30.7 Å². The summed E-state index contributed by atoms with van der Waals surface area (Å²) in [7, 11) is 0. The summed E-state index contributed by atoms with van der Waals surface area (Å²) in [6, 6.07) is 6.03. The lowest BCUT2D eigenvalue weighted by atomic mass is 10.0. The largest absolute Gasteiger partial charge is 0.347 e. The maximum absolute atomic E-state index is 12.6. The molecule has 1 aromatic carbocycles. The molecule has 0 saturated carbocycles. The van der Waals surface area contributed by atoms with Crippen molar-refractivity contribution in [3.8, 4) is 0 Å². The first-order chi connectivity index (χ1) is 12.0. The Labute approximate surface area is 147 Å². The average Bonchev–Trinajstić information content (AvgIpc) is 3.22. The molecule has 0 radical (unpaired) electrons. The highest BCUT2D eigenvalue weighted by atomic mass is 16.7. The minimum absolute atomic E-state index is 0.163. The predicted molar refractivity (Wildman–Crippen MR) is 94.3 cm³/mol. The molecule has 6 heteroatoms. The van der Waals surface area contributed by atoms with Crippen molar-refractivity contribution in [1.82, 2.24) is 14.9 Å². The summed E-state index contributed by atoms with van der Waals surface area (Å²) in [5, 5.41) is 0. The molecule has 0 unspecified atom stereocenters. The second-order valence-electron chi connectivity index (χ2n) is 7.29. The van der Waals surface area contributed by atoms with Gasteiger partial charge in [0, 0.05) is 31.8 Å². The molecule has 2 aliphatic rings. The summed E-state index contributed by atoms with van der Waals surface area (Å²) < 4.78 is 11.5. The van der Waals surface area contributed by atoms with Gasteiger partial charge in [0.2, 0.25) is 5.91 Å². The molecule has 6 nitrogen and oxygen atoms in total. The third-order valence-electron chi connectivity index (χ3n) is 5.16. The molecule has 1 amide bonds. The molecule has 0 aliphatic carbocycles. The summed E-state index contributed by atoms with van der Waals surface area (Å²) in [5.41, 5.74) is 2.97. The molecule has 0 atom stereocenters. The number of fused-ring (bicyclic) bond motifs is 1. The Balaban J connectivity index is 1.41. The number of likely N-dealkylation sites (tertiary alicyclic amines) is 1. The zero-order valence-electron chi connectivity index (χ0n) is 14.9. The average molecular weight is 343 g/mol. The number of H-pyrrole nitrogens is 1. The third kappa shape index (κ3) is 3.28. The van der Waals surface area contributed by atoms with Gasteiger partial charge in [-0.2, -0.15) is 0 Å². The molecule has 3 heterocycles. The van der Waals surface area contributed by atoms with E-state index in [1.54, 1.807) is 0 Å². The second kappa shape index (κ2) is 6.42. The number of carbonyl (C=O) groups is 1. The number of benzene rings is 1. The number of hydrogen-bond acceptors (Lipinski definition) is 4. The Kier molecular flexibility index (Phi) is 4.25. The van der Waals surface area contributed by atoms with Crippen molar-refractivity contribution in [1.29, 1.82) is 0 Å². The van der Waals surface area contributed by atoms with Crippen molar-refractivity contribution >= 4 is 16.9 Å². The predicted octanol–water partition coefficient (Wildman–Crippen LogP) is 2.59. The number of aromatic nitrogens is 2. The first-order valence-corrected chi connectivity index (χ1v) is 9.09. The normalized spacial score (nSPS) is 20.0. The fourth-order valence-corrected chi connectivity index (χ4v) is 3.63. The van der Waals surface area contributed by atoms with E-state index < -0.39 is 5.79 Å². The van der Waals surface area contributed by atoms with Crippen LogP contribution in [0.5, 0.6) is 0 Å². The van der Waals surface area contributed by atoms with Gasteiger partial charge in [0.25, 0.3) is 0 Å². The van der Waals surface area contributed by atoms with Gasteiger partial charge in [-0.1, -0.05) is 19.9 Å². The van der Waals surface area contributed by atoms with Gasteiger partial charge < -0.3 is 19.4 Å². The molecular weight excluding hydrogens is 318 g/mol. The van der Waals surface area contributed by atoms with Crippen LogP contribution in [0.25, 0.3) is 11.0 Å². The van der Waals surface area contributed by atoms with E-state index in [1.807, 2.05) is 23.1 Å². The van der Waals surface area contributed by atoms with Gasteiger partial charge in [-0.3, -0.25) is 4.79 Å². The van der Waals surface area contributed by atoms with Crippen LogP contribution in [0.1, 0.15) is 44.0 Å². The third-order valence-corrected chi connectivity index (χ3v) is 5.16. The first-order valence-electron chi connectivity index (χ1n) is 9.09. The lowest BCUT2D eigenvalue weighted by molar-refractivity contribution is -0.187. The highest BCUT2D eigenvalue weighted by molar-refractivity contribution is 5.82. The van der Waals surface area contributed by atoms with E-state index >= 15 is 0 Å². The fourth-order valence-electron chi connectivity index (χ4n) is 3.63. The number of amides is 1. The number of ether oxygens (including phenoxy) is 2. The number of imidazole rings is 1. The Bertz CT molecular complexity index is 767. The SMILES string of the molecule is CC(C)c1nc2ccc(CC(=O)N3CCC4(CC3)OCCO4)cc2[nH]1. The summed E-state index contributed by atoms with van der Waals surface area (Å²) in [6.45, 7) is 6.95. The molecule has 1 aromatic heterocycles. The van der Waals surface area contributed by atoms with Crippen LogP contribution in [0.15, 0.2) is 18.2 Å². The van der Waals surface area contributed by atoms with E-state index in [9.17, 15) is 4.79 Å². The first kappa shape index (κ1) is 16.5. The Morgan fingerprint density at radius 3 is 2.68 bits per heavy atom.